The summed E-state index contributed by atoms with van der Waals surface area (Å²) in [5.74, 6) is 0.187. The number of methoxy groups -OCH3 is 3. The maximum atomic E-state index is 14.1. The average molecular weight is 438 g/mol. The molecule has 0 saturated carbocycles. The highest BCUT2D eigenvalue weighted by molar-refractivity contribution is 8.18. The molecule has 0 bridgehead atoms. The van der Waals surface area contributed by atoms with Crippen molar-refractivity contribution < 1.29 is 28.2 Å². The van der Waals surface area contributed by atoms with Crippen LogP contribution in [0.4, 0.5) is 9.18 Å². The highest BCUT2D eigenvalue weighted by Gasteiger charge is 2.36. The third-order valence-electron chi connectivity index (χ3n) is 4.28. The summed E-state index contributed by atoms with van der Waals surface area (Å²) in [7, 11) is 4.45. The summed E-state index contributed by atoms with van der Waals surface area (Å²) in [4.78, 5) is 26.3. The fraction of sp³-hybridized carbons (Fsp3) is 0.200. The van der Waals surface area contributed by atoms with Crippen molar-refractivity contribution in [2.24, 2.45) is 0 Å². The minimum absolute atomic E-state index is 0.0809. The Morgan fingerprint density at radius 2 is 1.76 bits per heavy atom. The molecule has 0 radical (unpaired) electrons. The lowest BCUT2D eigenvalue weighted by Crippen LogP contribution is -2.28. The van der Waals surface area contributed by atoms with E-state index in [-0.39, 0.29) is 22.0 Å². The topological polar surface area (TPSA) is 65.1 Å². The van der Waals surface area contributed by atoms with Gasteiger partial charge in [0.1, 0.15) is 23.1 Å². The fourth-order valence-electron chi connectivity index (χ4n) is 2.78. The number of halogens is 2. The van der Waals surface area contributed by atoms with Crippen molar-refractivity contribution in [2.75, 3.05) is 21.3 Å². The number of hydrogen-bond donors (Lipinski definition) is 0. The van der Waals surface area contributed by atoms with Crippen molar-refractivity contribution in [3.05, 3.63) is 57.2 Å². The molecule has 0 aliphatic carbocycles. The van der Waals surface area contributed by atoms with Crippen molar-refractivity contribution >= 4 is 40.6 Å². The molecule has 0 unspecified atom stereocenters. The maximum absolute atomic E-state index is 14.1. The largest absolute Gasteiger partial charge is 0.496 e. The van der Waals surface area contributed by atoms with E-state index in [1.54, 1.807) is 12.1 Å². The molecule has 3 rings (SSSR count). The van der Waals surface area contributed by atoms with Crippen LogP contribution < -0.4 is 14.2 Å². The molecule has 2 aromatic carbocycles. The molecule has 0 spiro atoms. The van der Waals surface area contributed by atoms with E-state index in [1.807, 2.05) is 0 Å². The zero-order valence-corrected chi connectivity index (χ0v) is 17.4. The molecule has 29 heavy (non-hydrogen) atoms. The quantitative estimate of drug-likeness (QED) is 0.608. The number of carbonyl (C=O) groups excluding carboxylic acids is 2. The van der Waals surface area contributed by atoms with Crippen LogP contribution in [-0.4, -0.2) is 37.4 Å². The number of amides is 2. The molecule has 152 valence electrons. The second kappa shape index (κ2) is 8.75. The number of hydrogen-bond acceptors (Lipinski definition) is 6. The third kappa shape index (κ3) is 4.18. The van der Waals surface area contributed by atoms with Crippen LogP contribution in [0.15, 0.2) is 35.2 Å². The molecule has 1 saturated heterocycles. The number of rotatable bonds is 6. The first-order chi connectivity index (χ1) is 13.9. The van der Waals surface area contributed by atoms with Gasteiger partial charge in [0.15, 0.2) is 0 Å². The Labute approximate surface area is 176 Å². The highest BCUT2D eigenvalue weighted by atomic mass is 35.5. The average Bonchev–Trinajstić information content (AvgIpc) is 2.97. The summed E-state index contributed by atoms with van der Waals surface area (Å²) in [5, 5.41) is -0.376. The minimum atomic E-state index is -0.584. The summed E-state index contributed by atoms with van der Waals surface area (Å²) < 4.78 is 30.0. The van der Waals surface area contributed by atoms with Gasteiger partial charge in [0.2, 0.25) is 0 Å². The summed E-state index contributed by atoms with van der Waals surface area (Å²) in [6.45, 7) is -0.260. The van der Waals surface area contributed by atoms with Crippen molar-refractivity contribution in [3.63, 3.8) is 0 Å². The van der Waals surface area contributed by atoms with Gasteiger partial charge in [0.25, 0.3) is 11.1 Å². The first kappa shape index (κ1) is 21.0. The van der Waals surface area contributed by atoms with Gasteiger partial charge in [-0.2, -0.15) is 0 Å². The van der Waals surface area contributed by atoms with Gasteiger partial charge < -0.3 is 14.2 Å². The van der Waals surface area contributed by atoms with Gasteiger partial charge in [-0.1, -0.05) is 17.7 Å². The molecule has 2 amide bonds. The van der Waals surface area contributed by atoms with Crippen LogP contribution in [0.2, 0.25) is 5.02 Å². The molecular formula is C20H17ClFNO5S. The Hall–Kier alpha value is -2.71. The van der Waals surface area contributed by atoms with Gasteiger partial charge in [-0.05, 0) is 30.0 Å². The van der Waals surface area contributed by atoms with Crippen LogP contribution in [-0.2, 0) is 11.3 Å². The van der Waals surface area contributed by atoms with Gasteiger partial charge >= 0.3 is 0 Å². The Morgan fingerprint density at radius 1 is 1.10 bits per heavy atom. The predicted molar refractivity (Wildman–Crippen MR) is 109 cm³/mol. The number of nitrogens with zero attached hydrogens (tertiary/aromatic N) is 1. The molecule has 9 heteroatoms. The fourth-order valence-corrected chi connectivity index (χ4v) is 3.83. The van der Waals surface area contributed by atoms with Crippen LogP contribution >= 0.6 is 23.4 Å². The first-order valence-electron chi connectivity index (χ1n) is 8.37. The summed E-state index contributed by atoms with van der Waals surface area (Å²) in [5.41, 5.74) is 0.558. The van der Waals surface area contributed by atoms with E-state index in [0.29, 0.717) is 22.8 Å². The third-order valence-corrected chi connectivity index (χ3v) is 5.54. The lowest BCUT2D eigenvalue weighted by atomic mass is 10.1. The van der Waals surface area contributed by atoms with E-state index < -0.39 is 17.0 Å². The first-order valence-corrected chi connectivity index (χ1v) is 9.57. The SMILES string of the molecule is COc1cc(OC)c(/C=C2\SC(=O)N(Cc3c(F)cccc3Cl)C2=O)c(OC)c1. The summed E-state index contributed by atoms with van der Waals surface area (Å²) >= 11 is 6.77. The van der Waals surface area contributed by atoms with E-state index >= 15 is 0 Å². The van der Waals surface area contributed by atoms with Gasteiger partial charge in [-0.25, -0.2) is 4.39 Å². The summed E-state index contributed by atoms with van der Waals surface area (Å²) in [6.07, 6.45) is 1.50. The number of ether oxygens (including phenoxy) is 3. The maximum Gasteiger partial charge on any atom is 0.293 e. The molecule has 0 atom stereocenters. The molecule has 1 heterocycles. The van der Waals surface area contributed by atoms with Crippen LogP contribution in [0.1, 0.15) is 11.1 Å². The number of carbonyl (C=O) groups is 2. The van der Waals surface area contributed by atoms with Crippen LogP contribution in [0.25, 0.3) is 6.08 Å². The smallest absolute Gasteiger partial charge is 0.293 e. The normalized spacial score (nSPS) is 15.2. The van der Waals surface area contributed by atoms with E-state index in [9.17, 15) is 14.0 Å². The van der Waals surface area contributed by atoms with E-state index in [2.05, 4.69) is 0 Å². The van der Waals surface area contributed by atoms with E-state index in [0.717, 1.165) is 16.7 Å². The van der Waals surface area contributed by atoms with Crippen molar-refractivity contribution in [1.82, 2.24) is 4.90 Å². The lowest BCUT2D eigenvalue weighted by molar-refractivity contribution is -0.123. The number of benzene rings is 2. The van der Waals surface area contributed by atoms with Crippen LogP contribution in [0, 0.1) is 5.82 Å². The number of imide groups is 1. The Morgan fingerprint density at radius 3 is 2.31 bits per heavy atom. The van der Waals surface area contributed by atoms with Gasteiger partial charge in [-0.15, -0.1) is 0 Å². The number of thioether (sulfide) groups is 1. The molecule has 1 aliphatic rings. The Balaban J connectivity index is 1.97. The molecule has 2 aromatic rings. The predicted octanol–water partition coefficient (Wildman–Crippen LogP) is 4.74. The lowest BCUT2D eigenvalue weighted by Gasteiger charge is -2.14. The molecular weight excluding hydrogens is 421 g/mol. The molecule has 1 fully saturated rings. The Kier molecular flexibility index (Phi) is 6.34. The van der Waals surface area contributed by atoms with Gasteiger partial charge in [-0.3, -0.25) is 14.5 Å². The summed E-state index contributed by atoms with van der Waals surface area (Å²) in [6, 6.07) is 7.46. The van der Waals surface area contributed by atoms with Crippen LogP contribution in [0.5, 0.6) is 17.2 Å². The van der Waals surface area contributed by atoms with Crippen molar-refractivity contribution in [3.8, 4) is 17.2 Å². The van der Waals surface area contributed by atoms with E-state index in [1.165, 1.54) is 45.6 Å². The standard InChI is InChI=1S/C20H17ClFNO5S/c1-26-11-7-16(27-2)12(17(8-11)28-3)9-18-19(24)23(20(25)29-18)10-13-14(21)5-4-6-15(13)22/h4-9H,10H2,1-3H3/b18-9-. The van der Waals surface area contributed by atoms with E-state index in [4.69, 9.17) is 25.8 Å². The van der Waals surface area contributed by atoms with Gasteiger partial charge in [0.05, 0.1) is 38.3 Å². The molecule has 0 N–H and O–H groups in total. The minimum Gasteiger partial charge on any atom is -0.496 e. The van der Waals surface area contributed by atoms with Crippen LogP contribution in [0.3, 0.4) is 0 Å². The monoisotopic (exact) mass is 437 g/mol. The zero-order valence-electron chi connectivity index (χ0n) is 15.8. The molecule has 6 nitrogen and oxygen atoms in total. The molecule has 0 aromatic heterocycles. The second-order valence-electron chi connectivity index (χ2n) is 5.91. The molecule has 1 aliphatic heterocycles. The highest BCUT2D eigenvalue weighted by Crippen LogP contribution is 2.40. The van der Waals surface area contributed by atoms with Crippen molar-refractivity contribution in [2.45, 2.75) is 6.54 Å². The van der Waals surface area contributed by atoms with Crippen molar-refractivity contribution in [1.29, 1.82) is 0 Å². The Bertz CT molecular complexity index is 965. The van der Waals surface area contributed by atoms with Gasteiger partial charge in [0, 0.05) is 22.7 Å². The second-order valence-corrected chi connectivity index (χ2v) is 7.31. The zero-order chi connectivity index (χ0) is 21.1.